The molecule has 16 heteroatoms. The van der Waals surface area contributed by atoms with Crippen molar-refractivity contribution in [1.82, 2.24) is 25.3 Å². The van der Waals surface area contributed by atoms with Crippen LogP contribution in [-0.4, -0.2) is 52.9 Å². The first-order valence-electron chi connectivity index (χ1n) is 15.6. The number of anilines is 1. The third-order valence-electron chi connectivity index (χ3n) is 7.35. The Labute approximate surface area is 294 Å². The molecule has 264 valence electrons. The highest BCUT2D eigenvalue weighted by atomic mass is 32.2. The quantitative estimate of drug-likeness (QED) is 0.103. The van der Waals surface area contributed by atoms with E-state index in [2.05, 4.69) is 30.0 Å². The van der Waals surface area contributed by atoms with Crippen LogP contribution in [0.3, 0.4) is 0 Å². The molecule has 51 heavy (non-hydrogen) atoms. The average Bonchev–Trinajstić information content (AvgIpc) is 3.12. The van der Waals surface area contributed by atoms with Crippen molar-refractivity contribution in [3.8, 4) is 34.8 Å². The number of hydrogen-bond acceptors (Lipinski definition) is 12. The largest absolute Gasteiger partial charge is 0.493 e. The third-order valence-corrected chi connectivity index (χ3v) is 8.70. The SMILES string of the molecule is COc1ccccc1Oc1c(NS(=O)(=O)c2ccc(C(C)(C)C)cc2)nc(-c2ncccn2)nc1OCCC(=O)NCc1ccc([N+](=O)[O-])cc1. The van der Waals surface area contributed by atoms with Gasteiger partial charge in [-0.1, -0.05) is 57.2 Å². The minimum atomic E-state index is -4.25. The molecular weight excluding hydrogens is 678 g/mol. The van der Waals surface area contributed by atoms with E-state index >= 15 is 0 Å². The van der Waals surface area contributed by atoms with Gasteiger partial charge in [-0.05, 0) is 46.9 Å². The Hall–Kier alpha value is -6.16. The predicted molar refractivity (Wildman–Crippen MR) is 187 cm³/mol. The molecule has 2 aromatic heterocycles. The highest BCUT2D eigenvalue weighted by Crippen LogP contribution is 2.41. The first-order valence-corrected chi connectivity index (χ1v) is 17.1. The number of benzene rings is 3. The number of hydrogen-bond donors (Lipinski definition) is 2. The van der Waals surface area contributed by atoms with Crippen molar-refractivity contribution in [2.75, 3.05) is 18.4 Å². The monoisotopic (exact) mass is 713 g/mol. The minimum Gasteiger partial charge on any atom is -0.493 e. The molecule has 0 aliphatic rings. The fraction of sp³-hybridized carbons (Fsp3) is 0.229. The van der Waals surface area contributed by atoms with Gasteiger partial charge in [0.05, 0.1) is 30.0 Å². The summed E-state index contributed by atoms with van der Waals surface area (Å²) in [6.07, 6.45) is 2.81. The normalized spacial score (nSPS) is 11.4. The second kappa shape index (κ2) is 15.6. The Morgan fingerprint density at radius 2 is 1.55 bits per heavy atom. The van der Waals surface area contributed by atoms with Crippen LogP contribution in [-0.2, 0) is 26.8 Å². The van der Waals surface area contributed by atoms with Crippen LogP contribution in [0, 0.1) is 10.1 Å². The summed E-state index contributed by atoms with van der Waals surface area (Å²) < 4.78 is 47.7. The molecule has 5 rings (SSSR count). The predicted octanol–water partition coefficient (Wildman–Crippen LogP) is 5.83. The fourth-order valence-electron chi connectivity index (χ4n) is 4.60. The molecule has 15 nitrogen and oxygen atoms in total. The number of nitro benzene ring substituents is 1. The van der Waals surface area contributed by atoms with Gasteiger partial charge in [-0.3, -0.25) is 19.6 Å². The Morgan fingerprint density at radius 1 is 0.882 bits per heavy atom. The maximum absolute atomic E-state index is 13.8. The van der Waals surface area contributed by atoms with Crippen LogP contribution in [0.2, 0.25) is 0 Å². The lowest BCUT2D eigenvalue weighted by atomic mass is 9.87. The Morgan fingerprint density at radius 3 is 2.18 bits per heavy atom. The number of amides is 1. The lowest BCUT2D eigenvalue weighted by molar-refractivity contribution is -0.384. The van der Waals surface area contributed by atoms with Gasteiger partial charge in [0.1, 0.15) is 0 Å². The number of non-ortho nitro benzene ring substituents is 1. The number of nitro groups is 1. The molecule has 1 amide bonds. The van der Waals surface area contributed by atoms with Crippen LogP contribution < -0.4 is 24.2 Å². The van der Waals surface area contributed by atoms with E-state index in [4.69, 9.17) is 14.2 Å². The minimum absolute atomic E-state index is 0.0259. The van der Waals surface area contributed by atoms with Gasteiger partial charge in [-0.25, -0.2) is 23.4 Å². The average molecular weight is 714 g/mol. The van der Waals surface area contributed by atoms with Gasteiger partial charge in [-0.2, -0.15) is 4.98 Å². The van der Waals surface area contributed by atoms with Gasteiger partial charge >= 0.3 is 0 Å². The first kappa shape index (κ1) is 36.1. The molecule has 2 N–H and O–H groups in total. The maximum Gasteiger partial charge on any atom is 0.269 e. The lowest BCUT2D eigenvalue weighted by Gasteiger charge is -2.20. The molecule has 0 atom stereocenters. The fourth-order valence-corrected chi connectivity index (χ4v) is 5.61. The molecule has 0 saturated carbocycles. The van der Waals surface area contributed by atoms with E-state index in [9.17, 15) is 23.3 Å². The number of methoxy groups -OCH3 is 1. The number of nitrogens with zero attached hydrogens (tertiary/aromatic N) is 5. The summed E-state index contributed by atoms with van der Waals surface area (Å²) in [6.45, 7) is 5.99. The maximum atomic E-state index is 13.8. The van der Waals surface area contributed by atoms with Crippen molar-refractivity contribution in [3.05, 3.63) is 112 Å². The van der Waals surface area contributed by atoms with E-state index < -0.39 is 14.9 Å². The van der Waals surface area contributed by atoms with E-state index in [-0.39, 0.29) is 76.3 Å². The number of para-hydroxylation sites is 2. The van der Waals surface area contributed by atoms with Gasteiger partial charge in [0.2, 0.25) is 17.5 Å². The van der Waals surface area contributed by atoms with Crippen LogP contribution >= 0.6 is 0 Å². The second-order valence-corrected chi connectivity index (χ2v) is 13.7. The topological polar surface area (TPSA) is 198 Å². The zero-order valence-electron chi connectivity index (χ0n) is 28.2. The van der Waals surface area contributed by atoms with Crippen LogP contribution in [0.4, 0.5) is 11.5 Å². The van der Waals surface area contributed by atoms with Crippen molar-refractivity contribution < 1.29 is 32.3 Å². The summed E-state index contributed by atoms with van der Waals surface area (Å²) in [5.41, 5.74) is 1.35. The van der Waals surface area contributed by atoms with E-state index in [0.29, 0.717) is 11.3 Å². The molecule has 0 bridgehead atoms. The van der Waals surface area contributed by atoms with Gasteiger partial charge in [0.15, 0.2) is 23.1 Å². The highest BCUT2D eigenvalue weighted by Gasteiger charge is 2.26. The van der Waals surface area contributed by atoms with Crippen molar-refractivity contribution in [1.29, 1.82) is 0 Å². The Kier molecular flexibility index (Phi) is 11.0. The van der Waals surface area contributed by atoms with E-state index in [1.165, 1.54) is 43.8 Å². The number of carbonyl (C=O) groups excluding carboxylic acids is 1. The van der Waals surface area contributed by atoms with Gasteiger partial charge in [-0.15, -0.1) is 0 Å². The number of aromatic nitrogens is 4. The van der Waals surface area contributed by atoms with Crippen LogP contribution in [0.5, 0.6) is 23.1 Å². The molecule has 0 unspecified atom stereocenters. The van der Waals surface area contributed by atoms with Crippen molar-refractivity contribution >= 4 is 27.4 Å². The number of rotatable bonds is 14. The van der Waals surface area contributed by atoms with E-state index in [1.807, 2.05) is 20.8 Å². The van der Waals surface area contributed by atoms with Crippen LogP contribution in [0.1, 0.15) is 38.3 Å². The van der Waals surface area contributed by atoms with Gasteiger partial charge in [0.25, 0.3) is 21.6 Å². The summed E-state index contributed by atoms with van der Waals surface area (Å²) in [4.78, 5) is 40.5. The molecule has 0 saturated heterocycles. The molecule has 0 fully saturated rings. The van der Waals surface area contributed by atoms with Crippen molar-refractivity contribution in [2.24, 2.45) is 0 Å². The Balaban J connectivity index is 1.47. The summed E-state index contributed by atoms with van der Waals surface area (Å²) in [5.74, 6) is -0.563. The van der Waals surface area contributed by atoms with Gasteiger partial charge in [0, 0.05) is 31.1 Å². The molecule has 5 aromatic rings. The summed E-state index contributed by atoms with van der Waals surface area (Å²) in [6, 6.07) is 20.6. The first-order chi connectivity index (χ1) is 24.3. The zero-order chi connectivity index (χ0) is 36.6. The summed E-state index contributed by atoms with van der Waals surface area (Å²) in [7, 11) is -2.80. The van der Waals surface area contributed by atoms with Crippen LogP contribution in [0.15, 0.2) is 96.2 Å². The summed E-state index contributed by atoms with van der Waals surface area (Å²) >= 11 is 0. The van der Waals surface area contributed by atoms with Gasteiger partial charge < -0.3 is 19.5 Å². The summed E-state index contributed by atoms with van der Waals surface area (Å²) in [5, 5.41) is 13.7. The number of nitrogens with one attached hydrogen (secondary N) is 2. The molecule has 3 aromatic carbocycles. The van der Waals surface area contributed by atoms with Crippen molar-refractivity contribution in [3.63, 3.8) is 0 Å². The molecule has 0 aliphatic carbocycles. The highest BCUT2D eigenvalue weighted by molar-refractivity contribution is 7.92. The number of sulfonamides is 1. The molecule has 2 heterocycles. The molecule has 0 aliphatic heterocycles. The van der Waals surface area contributed by atoms with Crippen LogP contribution in [0.25, 0.3) is 11.6 Å². The van der Waals surface area contributed by atoms with Crippen molar-refractivity contribution in [2.45, 2.75) is 44.0 Å². The number of carbonyl (C=O) groups is 1. The molecular formula is C35H35N7O8S. The molecule has 0 spiro atoms. The molecule has 0 radical (unpaired) electrons. The van der Waals surface area contributed by atoms with E-state index in [1.54, 1.807) is 54.6 Å². The number of ether oxygens (including phenoxy) is 3. The standard InChI is InChI=1S/C35H35N7O8S/c1-35(2,3)24-12-16-26(17-13-24)51(46,47)41-31-30(50-28-9-6-5-8-27(28)48-4)34(40-33(39-31)32-36-19-7-20-37-32)49-21-18-29(43)38-22-23-10-14-25(15-11-23)42(44)45/h5-17,19-20H,18,21-22H2,1-4H3,(H,38,43)(H,39,40,41). The zero-order valence-corrected chi connectivity index (χ0v) is 29.0. The van der Waals surface area contributed by atoms with E-state index in [0.717, 1.165) is 5.56 Å². The third kappa shape index (κ3) is 9.30. The lowest BCUT2D eigenvalue weighted by Crippen LogP contribution is -2.24. The second-order valence-electron chi connectivity index (χ2n) is 12.0. The Bertz CT molecular complexity index is 2110. The smallest absolute Gasteiger partial charge is 0.269 e.